The van der Waals surface area contributed by atoms with E-state index in [1.165, 1.54) is 0 Å². The van der Waals surface area contributed by atoms with Gasteiger partial charge in [0.2, 0.25) is 0 Å². The molecule has 0 saturated heterocycles. The van der Waals surface area contributed by atoms with Crippen LogP contribution in [0.2, 0.25) is 0 Å². The van der Waals surface area contributed by atoms with Crippen molar-refractivity contribution in [3.63, 3.8) is 0 Å². The zero-order valence-corrected chi connectivity index (χ0v) is 5.92. The summed E-state index contributed by atoms with van der Waals surface area (Å²) in [7, 11) is 0. The Kier molecular flexibility index (Phi) is 2.38. The van der Waals surface area contributed by atoms with E-state index >= 15 is 0 Å². The van der Waals surface area contributed by atoms with Crippen LogP contribution in [0.1, 0.15) is 13.8 Å². The van der Waals surface area contributed by atoms with Gasteiger partial charge in [-0.25, -0.2) is 0 Å². The molecule has 0 heterocycles. The van der Waals surface area contributed by atoms with Crippen molar-refractivity contribution in [3.05, 3.63) is 0 Å². The third kappa shape index (κ3) is 3.15. The lowest BCUT2D eigenvalue weighted by atomic mass is 10.2. The number of alkyl halides is 2. The monoisotopic (exact) mass is 141 g/mol. The fraction of sp³-hybridized carbons (Fsp3) is 1.00. The summed E-state index contributed by atoms with van der Waals surface area (Å²) < 4.78 is -1.06. The average molecular weight is 142 g/mol. The van der Waals surface area contributed by atoms with Gasteiger partial charge in [-0.15, -0.1) is 0 Å². The van der Waals surface area contributed by atoms with Crippen molar-refractivity contribution >= 4 is 23.2 Å². The molecule has 1 nitrogen and oxygen atoms in total. The largest absolute Gasteiger partial charge is 0.300 e. The third-order valence-electron chi connectivity index (χ3n) is 0.770. The van der Waals surface area contributed by atoms with Gasteiger partial charge >= 0.3 is 0 Å². The van der Waals surface area contributed by atoms with E-state index in [2.05, 4.69) is 0 Å². The molecule has 0 rings (SSSR count). The maximum absolute atomic E-state index is 5.41. The van der Waals surface area contributed by atoms with Crippen molar-refractivity contribution in [3.8, 4) is 0 Å². The van der Waals surface area contributed by atoms with Crippen molar-refractivity contribution in [2.45, 2.75) is 18.3 Å². The summed E-state index contributed by atoms with van der Waals surface area (Å²) >= 11 is 10.8. The first-order valence-electron chi connectivity index (χ1n) is 2.11. The van der Waals surface area contributed by atoms with Crippen LogP contribution in [0.3, 0.4) is 0 Å². The zero-order chi connectivity index (χ0) is 6.08. The Balaban J connectivity index is 3.54. The summed E-state index contributed by atoms with van der Waals surface area (Å²) in [5.74, 6) is 0.107. The fourth-order valence-electron chi connectivity index (χ4n) is 0. The quantitative estimate of drug-likeness (QED) is 0.437. The lowest BCUT2D eigenvalue weighted by molar-refractivity contribution is 0.567. The van der Waals surface area contributed by atoms with E-state index in [9.17, 15) is 0 Å². The summed E-state index contributed by atoms with van der Waals surface area (Å²) in [6.07, 6.45) is 0. The number of halogens is 2. The van der Waals surface area contributed by atoms with Gasteiger partial charge in [-0.3, -0.25) is 5.73 Å². The van der Waals surface area contributed by atoms with E-state index in [-0.39, 0.29) is 5.92 Å². The first-order valence-corrected chi connectivity index (χ1v) is 2.87. The predicted molar refractivity (Wildman–Crippen MR) is 33.5 cm³/mol. The molecule has 0 bridgehead atoms. The second-order valence-electron chi connectivity index (χ2n) is 1.83. The highest BCUT2D eigenvalue weighted by molar-refractivity contribution is 6.48. The van der Waals surface area contributed by atoms with Crippen LogP contribution in [-0.4, -0.2) is 4.46 Å². The smallest absolute Gasteiger partial charge is 0.168 e. The zero-order valence-electron chi connectivity index (χ0n) is 4.41. The minimum absolute atomic E-state index is 0.107. The molecular formula is C4H9Cl2N. The van der Waals surface area contributed by atoms with Gasteiger partial charge < -0.3 is 0 Å². The van der Waals surface area contributed by atoms with Gasteiger partial charge in [0.1, 0.15) is 0 Å². The molecule has 0 fully saturated rings. The van der Waals surface area contributed by atoms with E-state index in [0.717, 1.165) is 0 Å². The first-order chi connectivity index (χ1) is 2.94. The minimum atomic E-state index is -1.06. The summed E-state index contributed by atoms with van der Waals surface area (Å²) in [6.45, 7) is 3.72. The summed E-state index contributed by atoms with van der Waals surface area (Å²) in [6, 6.07) is 0. The van der Waals surface area contributed by atoms with Gasteiger partial charge in [-0.2, -0.15) is 0 Å². The highest BCUT2D eigenvalue weighted by Gasteiger charge is 2.20. The van der Waals surface area contributed by atoms with Gasteiger partial charge in [-0.05, 0) is 5.92 Å². The summed E-state index contributed by atoms with van der Waals surface area (Å²) in [5, 5.41) is 0. The van der Waals surface area contributed by atoms with Crippen LogP contribution in [-0.2, 0) is 0 Å². The second kappa shape index (κ2) is 2.21. The van der Waals surface area contributed by atoms with E-state index in [0.29, 0.717) is 0 Å². The van der Waals surface area contributed by atoms with Gasteiger partial charge in [0.15, 0.2) is 4.46 Å². The number of hydrogen-bond donors (Lipinski definition) is 1. The maximum atomic E-state index is 5.41. The highest BCUT2D eigenvalue weighted by atomic mass is 35.5. The molecule has 0 unspecified atom stereocenters. The molecule has 44 valence electrons. The molecule has 0 aliphatic carbocycles. The van der Waals surface area contributed by atoms with Crippen LogP contribution in [0.5, 0.6) is 0 Å². The normalized spacial score (nSPS) is 12.9. The van der Waals surface area contributed by atoms with Crippen LogP contribution in [0, 0.1) is 5.92 Å². The number of hydrogen-bond acceptors (Lipinski definition) is 1. The Morgan fingerprint density at radius 1 is 1.43 bits per heavy atom. The Labute approximate surface area is 53.8 Å². The molecule has 0 aromatic rings. The molecule has 0 radical (unpaired) electrons. The van der Waals surface area contributed by atoms with Crippen LogP contribution < -0.4 is 5.73 Å². The summed E-state index contributed by atoms with van der Waals surface area (Å²) in [5.41, 5.74) is 5.21. The predicted octanol–water partition coefficient (Wildman–Crippen LogP) is 1.73. The third-order valence-corrected chi connectivity index (χ3v) is 1.64. The van der Waals surface area contributed by atoms with Gasteiger partial charge in [0.25, 0.3) is 0 Å². The van der Waals surface area contributed by atoms with E-state index in [1.807, 2.05) is 13.8 Å². The Bertz CT molecular complexity index is 55.2. The average Bonchev–Trinajstić information content (AvgIpc) is 1.31. The number of rotatable bonds is 1. The minimum Gasteiger partial charge on any atom is -0.300 e. The molecule has 0 aliphatic rings. The Hall–Kier alpha value is 0.540. The molecule has 0 aromatic heterocycles. The molecule has 0 aromatic carbocycles. The number of nitrogens with two attached hydrogens (primary N) is 1. The molecule has 3 heteroatoms. The molecule has 7 heavy (non-hydrogen) atoms. The standard InChI is InChI=1S/C4H9Cl2N/c1-3(2)4(5,6)7/h3H,7H2,1-2H3. The Morgan fingerprint density at radius 2 is 1.57 bits per heavy atom. The lowest BCUT2D eigenvalue weighted by Gasteiger charge is -2.16. The molecule has 2 N–H and O–H groups in total. The fourth-order valence-corrected chi connectivity index (χ4v) is 0. The van der Waals surface area contributed by atoms with E-state index in [4.69, 9.17) is 28.9 Å². The molecule has 0 saturated carbocycles. The highest BCUT2D eigenvalue weighted by Crippen LogP contribution is 2.22. The van der Waals surface area contributed by atoms with Crippen LogP contribution in [0.25, 0.3) is 0 Å². The SMILES string of the molecule is CC(C)C(N)(Cl)Cl. The van der Waals surface area contributed by atoms with Crippen molar-refractivity contribution in [1.29, 1.82) is 0 Å². The molecule has 0 aliphatic heterocycles. The lowest BCUT2D eigenvalue weighted by Crippen LogP contribution is -2.31. The molecule has 0 spiro atoms. The maximum Gasteiger partial charge on any atom is 0.168 e. The molecule has 0 atom stereocenters. The molecule has 0 amide bonds. The first kappa shape index (κ1) is 7.54. The van der Waals surface area contributed by atoms with Gasteiger partial charge in [0, 0.05) is 0 Å². The topological polar surface area (TPSA) is 26.0 Å². The van der Waals surface area contributed by atoms with Crippen molar-refractivity contribution < 1.29 is 0 Å². The van der Waals surface area contributed by atoms with Crippen LogP contribution in [0.4, 0.5) is 0 Å². The molecular weight excluding hydrogens is 133 g/mol. The Morgan fingerprint density at radius 3 is 1.57 bits per heavy atom. The van der Waals surface area contributed by atoms with Crippen molar-refractivity contribution in [2.24, 2.45) is 11.7 Å². The van der Waals surface area contributed by atoms with Crippen LogP contribution in [0.15, 0.2) is 0 Å². The van der Waals surface area contributed by atoms with Crippen molar-refractivity contribution in [1.82, 2.24) is 0 Å². The summed E-state index contributed by atoms with van der Waals surface area (Å²) in [4.78, 5) is 0. The van der Waals surface area contributed by atoms with Gasteiger partial charge in [-0.1, -0.05) is 37.0 Å². The van der Waals surface area contributed by atoms with Crippen molar-refractivity contribution in [2.75, 3.05) is 0 Å². The second-order valence-corrected chi connectivity index (χ2v) is 3.27. The van der Waals surface area contributed by atoms with E-state index in [1.54, 1.807) is 0 Å². The van der Waals surface area contributed by atoms with Crippen LogP contribution >= 0.6 is 23.2 Å². The van der Waals surface area contributed by atoms with E-state index < -0.39 is 4.46 Å². The van der Waals surface area contributed by atoms with Gasteiger partial charge in [0.05, 0.1) is 0 Å².